The Morgan fingerprint density at radius 3 is 2.57 bits per heavy atom. The van der Waals surface area contributed by atoms with Crippen molar-refractivity contribution in [1.82, 2.24) is 5.32 Å². The third-order valence-corrected chi connectivity index (χ3v) is 2.84. The summed E-state index contributed by atoms with van der Waals surface area (Å²) in [6.45, 7) is 5.53. The molecular formula is C17H22N2O4. The van der Waals surface area contributed by atoms with Crippen molar-refractivity contribution in [2.45, 2.75) is 13.8 Å². The van der Waals surface area contributed by atoms with Gasteiger partial charge in [0, 0.05) is 13.7 Å². The van der Waals surface area contributed by atoms with E-state index in [0.29, 0.717) is 43.4 Å². The third kappa shape index (κ3) is 6.01. The summed E-state index contributed by atoms with van der Waals surface area (Å²) in [6, 6.07) is 7.18. The van der Waals surface area contributed by atoms with Gasteiger partial charge in [-0.05, 0) is 37.6 Å². The van der Waals surface area contributed by atoms with Crippen LogP contribution in [-0.4, -0.2) is 39.4 Å². The molecule has 1 aromatic rings. The van der Waals surface area contributed by atoms with Crippen LogP contribution in [0.5, 0.6) is 11.5 Å². The minimum atomic E-state index is -0.434. The van der Waals surface area contributed by atoms with Gasteiger partial charge in [0.15, 0.2) is 11.5 Å². The number of carbonyl (C=O) groups is 1. The summed E-state index contributed by atoms with van der Waals surface area (Å²) >= 11 is 0. The first-order valence-electron chi connectivity index (χ1n) is 7.44. The lowest BCUT2D eigenvalue weighted by molar-refractivity contribution is -0.117. The van der Waals surface area contributed by atoms with Crippen LogP contribution >= 0.6 is 0 Å². The summed E-state index contributed by atoms with van der Waals surface area (Å²) in [5.74, 6) is 0.783. The van der Waals surface area contributed by atoms with E-state index in [4.69, 9.17) is 19.5 Å². The first-order valence-corrected chi connectivity index (χ1v) is 7.44. The molecule has 23 heavy (non-hydrogen) atoms. The lowest BCUT2D eigenvalue weighted by Gasteiger charge is -2.11. The molecule has 0 aliphatic rings. The number of rotatable bonds is 9. The van der Waals surface area contributed by atoms with Gasteiger partial charge < -0.3 is 19.5 Å². The maximum absolute atomic E-state index is 11.9. The van der Waals surface area contributed by atoms with Crippen LogP contribution in [-0.2, 0) is 9.53 Å². The lowest BCUT2D eigenvalue weighted by atomic mass is 10.1. The minimum Gasteiger partial charge on any atom is -0.490 e. The molecule has 1 aromatic carbocycles. The van der Waals surface area contributed by atoms with Gasteiger partial charge in [0.2, 0.25) is 0 Å². The summed E-state index contributed by atoms with van der Waals surface area (Å²) in [6.07, 6.45) is 1.51. The Balaban J connectivity index is 2.97. The Hall–Kier alpha value is -2.52. The van der Waals surface area contributed by atoms with Crippen LogP contribution in [0.4, 0.5) is 0 Å². The molecular weight excluding hydrogens is 296 g/mol. The fourth-order valence-corrected chi connectivity index (χ4v) is 1.83. The summed E-state index contributed by atoms with van der Waals surface area (Å²) in [7, 11) is 1.54. The quantitative estimate of drug-likeness (QED) is 0.429. The number of hydrogen-bond acceptors (Lipinski definition) is 5. The zero-order valence-corrected chi connectivity index (χ0v) is 13.7. The second-order valence-electron chi connectivity index (χ2n) is 4.49. The Bertz CT molecular complexity index is 591. The Morgan fingerprint density at radius 2 is 1.96 bits per heavy atom. The van der Waals surface area contributed by atoms with Crippen molar-refractivity contribution in [3.05, 3.63) is 29.3 Å². The molecule has 6 heteroatoms. The van der Waals surface area contributed by atoms with E-state index in [0.717, 1.165) is 0 Å². The predicted molar refractivity (Wildman–Crippen MR) is 87.3 cm³/mol. The second-order valence-corrected chi connectivity index (χ2v) is 4.49. The van der Waals surface area contributed by atoms with Crippen LogP contribution in [0.15, 0.2) is 23.8 Å². The molecule has 0 atom stereocenters. The molecule has 0 bridgehead atoms. The van der Waals surface area contributed by atoms with E-state index >= 15 is 0 Å². The number of carbonyl (C=O) groups excluding carboxylic acids is 1. The normalized spacial score (nSPS) is 10.8. The molecule has 0 saturated heterocycles. The molecule has 6 nitrogen and oxygen atoms in total. The molecule has 0 aromatic heterocycles. The predicted octanol–water partition coefficient (Wildman–Crippen LogP) is 2.15. The van der Waals surface area contributed by atoms with Gasteiger partial charge in [0.05, 0.1) is 19.8 Å². The van der Waals surface area contributed by atoms with Crippen molar-refractivity contribution in [2.75, 3.05) is 33.5 Å². The van der Waals surface area contributed by atoms with Crippen LogP contribution in [0.1, 0.15) is 19.4 Å². The molecule has 0 spiro atoms. The zero-order chi connectivity index (χ0) is 17.1. The molecule has 0 aliphatic carbocycles. The van der Waals surface area contributed by atoms with Crippen molar-refractivity contribution < 1.29 is 19.0 Å². The third-order valence-electron chi connectivity index (χ3n) is 2.84. The van der Waals surface area contributed by atoms with Crippen molar-refractivity contribution >= 4 is 12.0 Å². The molecule has 1 amide bonds. The van der Waals surface area contributed by atoms with Crippen molar-refractivity contribution in [3.63, 3.8) is 0 Å². The SMILES string of the molecule is CCOc1ccc(/C=C(\C#N)C(=O)NCCOC)cc1OCC. The number of ether oxygens (including phenoxy) is 3. The molecule has 0 radical (unpaired) electrons. The first-order chi connectivity index (χ1) is 11.2. The number of nitrogens with one attached hydrogen (secondary N) is 1. The Morgan fingerprint density at radius 1 is 1.26 bits per heavy atom. The average Bonchev–Trinajstić information content (AvgIpc) is 2.55. The van der Waals surface area contributed by atoms with Gasteiger partial charge in [0.1, 0.15) is 11.6 Å². The summed E-state index contributed by atoms with van der Waals surface area (Å²) in [4.78, 5) is 11.9. The average molecular weight is 318 g/mol. The number of nitrogens with zero attached hydrogens (tertiary/aromatic N) is 1. The van der Waals surface area contributed by atoms with E-state index in [1.54, 1.807) is 25.3 Å². The monoisotopic (exact) mass is 318 g/mol. The number of hydrogen-bond donors (Lipinski definition) is 1. The highest BCUT2D eigenvalue weighted by Gasteiger charge is 2.10. The van der Waals surface area contributed by atoms with Gasteiger partial charge in [-0.1, -0.05) is 6.07 Å². The molecule has 1 rings (SSSR count). The smallest absolute Gasteiger partial charge is 0.262 e. The lowest BCUT2D eigenvalue weighted by Crippen LogP contribution is -2.27. The largest absolute Gasteiger partial charge is 0.490 e. The Labute approximate surface area is 136 Å². The molecule has 0 aliphatic heterocycles. The summed E-state index contributed by atoms with van der Waals surface area (Å²) in [5.41, 5.74) is 0.711. The maximum atomic E-state index is 11.9. The fourth-order valence-electron chi connectivity index (χ4n) is 1.83. The van der Waals surface area contributed by atoms with E-state index in [1.165, 1.54) is 6.08 Å². The highest BCUT2D eigenvalue weighted by molar-refractivity contribution is 6.01. The van der Waals surface area contributed by atoms with Gasteiger partial charge in [-0.2, -0.15) is 5.26 Å². The van der Waals surface area contributed by atoms with Crippen LogP contribution in [0, 0.1) is 11.3 Å². The highest BCUT2D eigenvalue weighted by Crippen LogP contribution is 2.29. The Kier molecular flexibility index (Phi) is 8.25. The van der Waals surface area contributed by atoms with E-state index < -0.39 is 5.91 Å². The molecule has 1 N–H and O–H groups in total. The van der Waals surface area contributed by atoms with E-state index in [1.807, 2.05) is 19.9 Å². The van der Waals surface area contributed by atoms with E-state index in [2.05, 4.69) is 5.32 Å². The zero-order valence-electron chi connectivity index (χ0n) is 13.7. The summed E-state index contributed by atoms with van der Waals surface area (Å²) < 4.78 is 15.9. The van der Waals surface area contributed by atoms with E-state index in [-0.39, 0.29) is 5.57 Å². The van der Waals surface area contributed by atoms with Gasteiger partial charge in [0.25, 0.3) is 5.91 Å². The minimum absolute atomic E-state index is 0.0210. The van der Waals surface area contributed by atoms with Crippen molar-refractivity contribution in [1.29, 1.82) is 5.26 Å². The van der Waals surface area contributed by atoms with Crippen molar-refractivity contribution in [2.24, 2.45) is 0 Å². The molecule has 124 valence electrons. The van der Waals surface area contributed by atoms with Crippen LogP contribution < -0.4 is 14.8 Å². The fraction of sp³-hybridized carbons (Fsp3) is 0.412. The molecule has 0 unspecified atom stereocenters. The van der Waals surface area contributed by atoms with Gasteiger partial charge in [-0.25, -0.2) is 0 Å². The standard InChI is InChI=1S/C17H22N2O4/c1-4-22-15-7-6-13(11-16(15)23-5-2)10-14(12-18)17(20)19-8-9-21-3/h6-7,10-11H,4-5,8-9H2,1-3H3,(H,19,20)/b14-10+. The van der Waals surface area contributed by atoms with Crippen LogP contribution in [0.2, 0.25) is 0 Å². The molecule has 0 heterocycles. The maximum Gasteiger partial charge on any atom is 0.262 e. The highest BCUT2D eigenvalue weighted by atomic mass is 16.5. The molecule has 0 saturated carbocycles. The summed E-state index contributed by atoms with van der Waals surface area (Å²) in [5, 5.41) is 11.8. The van der Waals surface area contributed by atoms with Gasteiger partial charge in [-0.15, -0.1) is 0 Å². The number of amides is 1. The molecule has 0 fully saturated rings. The topological polar surface area (TPSA) is 80.6 Å². The van der Waals surface area contributed by atoms with Gasteiger partial charge >= 0.3 is 0 Å². The van der Waals surface area contributed by atoms with Gasteiger partial charge in [-0.3, -0.25) is 4.79 Å². The van der Waals surface area contributed by atoms with Crippen molar-refractivity contribution in [3.8, 4) is 17.6 Å². The number of methoxy groups -OCH3 is 1. The number of nitriles is 1. The second kappa shape index (κ2) is 10.2. The van der Waals surface area contributed by atoms with Crippen LogP contribution in [0.25, 0.3) is 6.08 Å². The van der Waals surface area contributed by atoms with E-state index in [9.17, 15) is 4.79 Å². The number of benzene rings is 1. The van der Waals surface area contributed by atoms with Crippen LogP contribution in [0.3, 0.4) is 0 Å². The first kappa shape index (κ1) is 18.5.